The van der Waals surface area contributed by atoms with E-state index in [9.17, 15) is 0 Å². The van der Waals surface area contributed by atoms with Crippen LogP contribution in [0.2, 0.25) is 0 Å². The number of ether oxygens (including phenoxy) is 1. The van der Waals surface area contributed by atoms with E-state index in [1.807, 2.05) is 60.7 Å². The maximum absolute atomic E-state index is 5.89. The van der Waals surface area contributed by atoms with Crippen molar-refractivity contribution in [2.45, 2.75) is 20.1 Å². The predicted octanol–water partition coefficient (Wildman–Crippen LogP) is 5.24. The third-order valence-electron chi connectivity index (χ3n) is 4.56. The fourth-order valence-electron chi connectivity index (χ4n) is 3.07. The lowest BCUT2D eigenvalue weighted by atomic mass is 10.1. The Morgan fingerprint density at radius 2 is 1.76 bits per heavy atom. The van der Waals surface area contributed by atoms with E-state index >= 15 is 0 Å². The van der Waals surface area contributed by atoms with Gasteiger partial charge in [-0.25, -0.2) is 9.77 Å². The number of nitrogens with zero attached hydrogens (tertiary/aromatic N) is 2. The lowest BCUT2D eigenvalue weighted by Crippen LogP contribution is -2.15. The Labute approximate surface area is 175 Å². The number of aryl methyl sites for hydroxylation is 1. The number of rotatable bonds is 7. The van der Waals surface area contributed by atoms with Crippen LogP contribution in [0, 0.1) is 11.7 Å². The molecule has 0 amide bonds. The lowest BCUT2D eigenvalue weighted by molar-refractivity contribution is 0.306. The summed E-state index contributed by atoms with van der Waals surface area (Å²) >= 11 is 5.36. The van der Waals surface area contributed by atoms with Crippen LogP contribution in [0.5, 0.6) is 5.75 Å². The topological polar surface area (TPSA) is 54.9 Å². The summed E-state index contributed by atoms with van der Waals surface area (Å²) in [7, 11) is 0. The van der Waals surface area contributed by atoms with E-state index < -0.39 is 0 Å². The molecule has 3 aromatic carbocycles. The van der Waals surface area contributed by atoms with Crippen molar-refractivity contribution in [2.24, 2.45) is 0 Å². The molecule has 2 N–H and O–H groups in total. The van der Waals surface area contributed by atoms with Gasteiger partial charge in [0.2, 0.25) is 4.77 Å². The second kappa shape index (κ2) is 8.75. The van der Waals surface area contributed by atoms with Gasteiger partial charge < -0.3 is 10.2 Å². The Hall–Kier alpha value is -3.38. The van der Waals surface area contributed by atoms with Crippen LogP contribution in [0.3, 0.4) is 0 Å². The van der Waals surface area contributed by atoms with E-state index in [0.29, 0.717) is 17.9 Å². The molecule has 0 unspecified atom stereocenters. The summed E-state index contributed by atoms with van der Waals surface area (Å²) in [4.78, 5) is 0. The van der Waals surface area contributed by atoms with Gasteiger partial charge in [0, 0.05) is 5.56 Å². The first-order valence-corrected chi connectivity index (χ1v) is 9.84. The second-order valence-corrected chi connectivity index (χ2v) is 7.20. The zero-order chi connectivity index (χ0) is 20.1. The van der Waals surface area contributed by atoms with Crippen LogP contribution in [0.1, 0.15) is 16.7 Å². The second-order valence-electron chi connectivity index (χ2n) is 6.81. The Balaban J connectivity index is 1.39. The van der Waals surface area contributed by atoms with Crippen LogP contribution in [0.25, 0.3) is 11.4 Å². The monoisotopic (exact) mass is 402 g/mol. The lowest BCUT2D eigenvalue weighted by Gasteiger charge is -2.11. The molecule has 1 aromatic heterocycles. The van der Waals surface area contributed by atoms with E-state index in [4.69, 9.17) is 17.0 Å². The molecular weight excluding hydrogens is 380 g/mol. The Morgan fingerprint density at radius 3 is 2.52 bits per heavy atom. The molecule has 4 rings (SSSR count). The van der Waals surface area contributed by atoms with Crippen LogP contribution in [0.15, 0.2) is 78.9 Å². The SMILES string of the molecule is Cc1cccc(COc2ccc(CNn3c(-c4ccccc4)n[nH]c3=S)cc2)c1. The molecule has 0 bridgehead atoms. The number of nitrogens with one attached hydrogen (secondary N) is 2. The normalized spacial score (nSPS) is 10.7. The standard InChI is InChI=1S/C23H22N4OS/c1-17-6-5-7-19(14-17)16-28-21-12-10-18(11-13-21)15-24-27-22(25-26-23(27)29)20-8-3-2-4-9-20/h2-14,24H,15-16H2,1H3,(H,26,29). The van der Waals surface area contributed by atoms with Gasteiger partial charge in [-0.1, -0.05) is 72.3 Å². The molecule has 4 aromatic rings. The number of benzene rings is 3. The average Bonchev–Trinajstić information content (AvgIpc) is 3.12. The minimum Gasteiger partial charge on any atom is -0.489 e. The van der Waals surface area contributed by atoms with E-state index in [-0.39, 0.29) is 0 Å². The van der Waals surface area contributed by atoms with Crippen LogP contribution in [0.4, 0.5) is 0 Å². The maximum atomic E-state index is 5.89. The van der Waals surface area contributed by atoms with E-state index in [0.717, 1.165) is 22.7 Å². The summed E-state index contributed by atoms with van der Waals surface area (Å²) in [5, 5.41) is 7.19. The van der Waals surface area contributed by atoms with Gasteiger partial charge in [-0.2, -0.15) is 5.10 Å². The van der Waals surface area contributed by atoms with Crippen molar-refractivity contribution in [1.29, 1.82) is 0 Å². The first kappa shape index (κ1) is 19.0. The van der Waals surface area contributed by atoms with Crippen LogP contribution in [-0.2, 0) is 13.2 Å². The highest BCUT2D eigenvalue weighted by Gasteiger charge is 2.08. The summed E-state index contributed by atoms with van der Waals surface area (Å²) in [6, 6.07) is 26.3. The average molecular weight is 403 g/mol. The third kappa shape index (κ3) is 4.73. The molecular formula is C23H22N4OS. The van der Waals surface area contributed by atoms with Crippen LogP contribution in [-0.4, -0.2) is 14.9 Å². The van der Waals surface area contributed by atoms with E-state index in [1.54, 1.807) is 4.68 Å². The molecule has 0 atom stereocenters. The molecule has 1 heterocycles. The van der Waals surface area contributed by atoms with Crippen molar-refractivity contribution < 1.29 is 4.74 Å². The Bertz CT molecular complexity index is 1130. The molecule has 0 radical (unpaired) electrons. The van der Waals surface area contributed by atoms with Gasteiger partial charge in [0.25, 0.3) is 0 Å². The van der Waals surface area contributed by atoms with Crippen LogP contribution < -0.4 is 10.2 Å². The Morgan fingerprint density at radius 1 is 0.966 bits per heavy atom. The molecule has 0 aliphatic heterocycles. The van der Waals surface area contributed by atoms with Crippen molar-refractivity contribution >= 4 is 12.2 Å². The minimum absolute atomic E-state index is 0.530. The van der Waals surface area contributed by atoms with Gasteiger partial charge in [-0.05, 0) is 42.4 Å². The van der Waals surface area contributed by atoms with Crippen molar-refractivity contribution in [3.63, 3.8) is 0 Å². The van der Waals surface area contributed by atoms with Gasteiger partial charge in [-0.3, -0.25) is 0 Å². The molecule has 0 spiro atoms. The summed E-state index contributed by atoms with van der Waals surface area (Å²) in [6.07, 6.45) is 0. The van der Waals surface area contributed by atoms with E-state index in [2.05, 4.69) is 40.7 Å². The minimum atomic E-state index is 0.530. The Kier molecular flexibility index (Phi) is 5.72. The first-order valence-electron chi connectivity index (χ1n) is 9.43. The smallest absolute Gasteiger partial charge is 0.214 e. The molecule has 6 heteroatoms. The number of aromatic amines is 1. The van der Waals surface area contributed by atoms with Gasteiger partial charge in [0.05, 0.1) is 6.54 Å². The molecule has 0 aliphatic rings. The maximum Gasteiger partial charge on any atom is 0.214 e. The van der Waals surface area contributed by atoms with Gasteiger partial charge in [0.15, 0.2) is 5.82 Å². The summed E-state index contributed by atoms with van der Waals surface area (Å²) in [5.41, 5.74) is 7.85. The van der Waals surface area contributed by atoms with Gasteiger partial charge >= 0.3 is 0 Å². The highest BCUT2D eigenvalue weighted by Crippen LogP contribution is 2.17. The van der Waals surface area contributed by atoms with Crippen LogP contribution >= 0.6 is 12.2 Å². The molecule has 0 saturated heterocycles. The zero-order valence-corrected chi connectivity index (χ0v) is 16.9. The zero-order valence-electron chi connectivity index (χ0n) is 16.1. The molecule has 0 fully saturated rings. The van der Waals surface area contributed by atoms with Crippen molar-refractivity contribution in [1.82, 2.24) is 14.9 Å². The quantitative estimate of drug-likeness (QED) is 0.415. The van der Waals surface area contributed by atoms with Crippen molar-refractivity contribution in [3.8, 4) is 17.1 Å². The summed E-state index contributed by atoms with van der Waals surface area (Å²) in [6.45, 7) is 3.26. The number of hydrogen-bond donors (Lipinski definition) is 2. The van der Waals surface area contributed by atoms with Crippen molar-refractivity contribution in [3.05, 3.63) is 100 Å². The summed E-state index contributed by atoms with van der Waals surface area (Å²) < 4.78 is 8.22. The van der Waals surface area contributed by atoms with Gasteiger partial charge in [0.1, 0.15) is 12.4 Å². The van der Waals surface area contributed by atoms with E-state index in [1.165, 1.54) is 11.1 Å². The third-order valence-corrected chi connectivity index (χ3v) is 4.83. The fourth-order valence-corrected chi connectivity index (χ4v) is 3.26. The largest absolute Gasteiger partial charge is 0.489 e. The molecule has 0 aliphatic carbocycles. The summed E-state index contributed by atoms with van der Waals surface area (Å²) in [5.74, 6) is 1.61. The van der Waals surface area contributed by atoms with Gasteiger partial charge in [-0.15, -0.1) is 0 Å². The molecule has 0 saturated carbocycles. The highest BCUT2D eigenvalue weighted by molar-refractivity contribution is 7.71. The molecule has 146 valence electrons. The fraction of sp³-hybridized carbons (Fsp3) is 0.130. The highest BCUT2D eigenvalue weighted by atomic mass is 32.1. The molecule has 29 heavy (non-hydrogen) atoms. The predicted molar refractivity (Wildman–Crippen MR) is 118 cm³/mol. The number of H-pyrrole nitrogens is 1. The van der Waals surface area contributed by atoms with Crippen molar-refractivity contribution in [2.75, 3.05) is 5.43 Å². The number of aromatic nitrogens is 3. The number of hydrogen-bond acceptors (Lipinski definition) is 4. The first-order chi connectivity index (χ1) is 14.2. The molecule has 5 nitrogen and oxygen atoms in total.